The van der Waals surface area contributed by atoms with E-state index in [2.05, 4.69) is 4.98 Å². The SMILES string of the molecule is CCc1cc(C(=O)O)cc(N(CC(F)(F)F)C(C)C)n1. The van der Waals surface area contributed by atoms with E-state index in [-0.39, 0.29) is 11.4 Å². The minimum absolute atomic E-state index is 0.0362. The van der Waals surface area contributed by atoms with Gasteiger partial charge in [0, 0.05) is 11.7 Å². The zero-order chi connectivity index (χ0) is 15.5. The molecule has 0 amide bonds. The molecule has 0 aliphatic rings. The maximum atomic E-state index is 12.6. The second kappa shape index (κ2) is 6.11. The van der Waals surface area contributed by atoms with Gasteiger partial charge in [-0.1, -0.05) is 6.92 Å². The van der Waals surface area contributed by atoms with Crippen LogP contribution >= 0.6 is 0 Å². The van der Waals surface area contributed by atoms with Gasteiger partial charge in [-0.2, -0.15) is 13.2 Å². The van der Waals surface area contributed by atoms with E-state index < -0.39 is 24.7 Å². The van der Waals surface area contributed by atoms with E-state index in [4.69, 9.17) is 5.11 Å². The van der Waals surface area contributed by atoms with Gasteiger partial charge in [-0.15, -0.1) is 0 Å². The average molecular weight is 290 g/mol. The molecule has 1 rings (SSSR count). The van der Waals surface area contributed by atoms with E-state index in [1.807, 2.05) is 0 Å². The molecule has 0 radical (unpaired) electrons. The molecule has 1 aromatic rings. The minimum atomic E-state index is -4.38. The molecule has 20 heavy (non-hydrogen) atoms. The summed E-state index contributed by atoms with van der Waals surface area (Å²) in [4.78, 5) is 16.2. The lowest BCUT2D eigenvalue weighted by atomic mass is 10.1. The summed E-state index contributed by atoms with van der Waals surface area (Å²) >= 11 is 0. The Labute approximate surface area is 115 Å². The quantitative estimate of drug-likeness (QED) is 0.905. The number of hydrogen-bond donors (Lipinski definition) is 1. The smallest absolute Gasteiger partial charge is 0.405 e. The fraction of sp³-hybridized carbons (Fsp3) is 0.538. The topological polar surface area (TPSA) is 53.4 Å². The average Bonchev–Trinajstić information content (AvgIpc) is 2.33. The number of carboxylic acid groups (broad SMARTS) is 1. The van der Waals surface area contributed by atoms with Crippen molar-refractivity contribution in [3.63, 3.8) is 0 Å². The summed E-state index contributed by atoms with van der Waals surface area (Å²) in [7, 11) is 0. The van der Waals surface area contributed by atoms with Gasteiger partial charge in [0.05, 0.1) is 5.56 Å². The van der Waals surface area contributed by atoms with Crippen molar-refractivity contribution < 1.29 is 23.1 Å². The Bertz CT molecular complexity index is 487. The molecule has 4 nitrogen and oxygen atoms in total. The number of aromatic carboxylic acids is 1. The Morgan fingerprint density at radius 1 is 1.40 bits per heavy atom. The van der Waals surface area contributed by atoms with Gasteiger partial charge in [0.1, 0.15) is 12.4 Å². The highest BCUT2D eigenvalue weighted by Gasteiger charge is 2.32. The fourth-order valence-corrected chi connectivity index (χ4v) is 1.74. The van der Waals surface area contributed by atoms with Gasteiger partial charge >= 0.3 is 12.1 Å². The molecule has 0 bridgehead atoms. The minimum Gasteiger partial charge on any atom is -0.478 e. The van der Waals surface area contributed by atoms with E-state index in [1.54, 1.807) is 20.8 Å². The molecule has 7 heteroatoms. The highest BCUT2D eigenvalue weighted by Crippen LogP contribution is 2.24. The molecular formula is C13H17F3N2O2. The Balaban J connectivity index is 3.25. The van der Waals surface area contributed by atoms with Crippen molar-refractivity contribution in [3.05, 3.63) is 23.4 Å². The van der Waals surface area contributed by atoms with Crippen molar-refractivity contribution in [3.8, 4) is 0 Å². The first-order valence-electron chi connectivity index (χ1n) is 6.21. The molecule has 0 spiro atoms. The van der Waals surface area contributed by atoms with Gasteiger partial charge < -0.3 is 10.0 Å². The van der Waals surface area contributed by atoms with Crippen LogP contribution in [0.2, 0.25) is 0 Å². The lowest BCUT2D eigenvalue weighted by Gasteiger charge is -2.29. The van der Waals surface area contributed by atoms with Crippen LogP contribution in [0.5, 0.6) is 0 Å². The number of rotatable bonds is 5. The zero-order valence-electron chi connectivity index (χ0n) is 11.5. The van der Waals surface area contributed by atoms with Crippen LogP contribution in [0.3, 0.4) is 0 Å². The van der Waals surface area contributed by atoms with Crippen molar-refractivity contribution in [2.75, 3.05) is 11.4 Å². The number of nitrogens with zero attached hydrogens (tertiary/aromatic N) is 2. The first kappa shape index (κ1) is 16.3. The van der Waals surface area contributed by atoms with Crippen LogP contribution in [0, 0.1) is 0 Å². The number of carboxylic acids is 1. The van der Waals surface area contributed by atoms with Gasteiger partial charge in [0.2, 0.25) is 0 Å². The number of halogens is 3. The maximum Gasteiger partial charge on any atom is 0.405 e. The Hall–Kier alpha value is -1.79. The summed E-state index contributed by atoms with van der Waals surface area (Å²) < 4.78 is 37.8. The van der Waals surface area contributed by atoms with Crippen molar-refractivity contribution in [2.45, 2.75) is 39.4 Å². The Kier molecular flexibility index (Phi) is 4.97. The number of aryl methyl sites for hydroxylation is 1. The lowest BCUT2D eigenvalue weighted by Crippen LogP contribution is -2.39. The third kappa shape index (κ3) is 4.40. The summed E-state index contributed by atoms with van der Waals surface area (Å²) in [6.45, 7) is 3.81. The predicted molar refractivity (Wildman–Crippen MR) is 69.1 cm³/mol. The normalized spacial score (nSPS) is 11.8. The van der Waals surface area contributed by atoms with Crippen LogP contribution in [0.15, 0.2) is 12.1 Å². The Morgan fingerprint density at radius 2 is 2.00 bits per heavy atom. The van der Waals surface area contributed by atoms with Crippen LogP contribution in [-0.4, -0.2) is 34.8 Å². The number of pyridine rings is 1. The van der Waals surface area contributed by atoms with Gasteiger partial charge in [-0.3, -0.25) is 0 Å². The van der Waals surface area contributed by atoms with Crippen LogP contribution in [0.25, 0.3) is 0 Å². The molecule has 0 saturated heterocycles. The Morgan fingerprint density at radius 3 is 2.40 bits per heavy atom. The third-order valence-corrected chi connectivity index (χ3v) is 2.74. The first-order chi connectivity index (χ1) is 9.14. The van der Waals surface area contributed by atoms with Gasteiger partial charge in [-0.25, -0.2) is 9.78 Å². The van der Waals surface area contributed by atoms with Crippen molar-refractivity contribution in [1.29, 1.82) is 0 Å². The van der Waals surface area contributed by atoms with Crippen molar-refractivity contribution in [2.24, 2.45) is 0 Å². The largest absolute Gasteiger partial charge is 0.478 e. The molecule has 0 aliphatic carbocycles. The van der Waals surface area contributed by atoms with Crippen molar-refractivity contribution >= 4 is 11.8 Å². The number of aromatic nitrogens is 1. The zero-order valence-corrected chi connectivity index (χ0v) is 11.5. The maximum absolute atomic E-state index is 12.6. The molecule has 1 heterocycles. The van der Waals surface area contributed by atoms with Crippen molar-refractivity contribution in [1.82, 2.24) is 4.98 Å². The second-order valence-electron chi connectivity index (χ2n) is 4.70. The van der Waals surface area contributed by atoms with Crippen LogP contribution in [0.1, 0.15) is 36.8 Å². The summed E-state index contributed by atoms with van der Waals surface area (Å²) in [5.74, 6) is -1.15. The molecule has 0 unspecified atom stereocenters. The lowest BCUT2D eigenvalue weighted by molar-refractivity contribution is -0.120. The van der Waals surface area contributed by atoms with Gasteiger partial charge in [-0.05, 0) is 32.4 Å². The number of anilines is 1. The monoisotopic (exact) mass is 290 g/mol. The molecular weight excluding hydrogens is 273 g/mol. The standard InChI is InChI=1S/C13H17F3N2O2/c1-4-10-5-9(12(19)20)6-11(17-10)18(8(2)3)7-13(14,15)16/h5-6,8H,4,7H2,1-3H3,(H,19,20). The molecule has 112 valence electrons. The molecule has 0 saturated carbocycles. The van der Waals surface area contributed by atoms with E-state index in [0.717, 1.165) is 4.90 Å². The third-order valence-electron chi connectivity index (χ3n) is 2.74. The van der Waals surface area contributed by atoms with Crippen LogP contribution in [0.4, 0.5) is 19.0 Å². The summed E-state index contributed by atoms with van der Waals surface area (Å²) in [6, 6.07) is 2.10. The van der Waals surface area contributed by atoms with E-state index in [0.29, 0.717) is 12.1 Å². The van der Waals surface area contributed by atoms with Gasteiger partial charge in [0.25, 0.3) is 0 Å². The molecule has 0 fully saturated rings. The molecule has 0 aliphatic heterocycles. The summed E-state index contributed by atoms with van der Waals surface area (Å²) in [5, 5.41) is 9.01. The second-order valence-corrected chi connectivity index (χ2v) is 4.70. The number of carbonyl (C=O) groups is 1. The van der Waals surface area contributed by atoms with E-state index >= 15 is 0 Å². The van der Waals surface area contributed by atoms with E-state index in [1.165, 1.54) is 12.1 Å². The molecule has 1 aromatic heterocycles. The summed E-state index contributed by atoms with van der Waals surface area (Å²) in [6.07, 6.45) is -3.93. The predicted octanol–water partition coefficient (Wildman–Crippen LogP) is 3.12. The molecule has 0 atom stereocenters. The van der Waals surface area contributed by atoms with Crippen LogP contribution < -0.4 is 4.90 Å². The van der Waals surface area contributed by atoms with E-state index in [9.17, 15) is 18.0 Å². The summed E-state index contributed by atoms with van der Waals surface area (Å²) in [5.41, 5.74) is 0.396. The first-order valence-corrected chi connectivity index (χ1v) is 6.21. The number of hydrogen-bond acceptors (Lipinski definition) is 3. The van der Waals surface area contributed by atoms with Gasteiger partial charge in [0.15, 0.2) is 0 Å². The fourth-order valence-electron chi connectivity index (χ4n) is 1.74. The highest BCUT2D eigenvalue weighted by molar-refractivity contribution is 5.88. The number of alkyl halides is 3. The molecule has 0 aromatic carbocycles. The highest BCUT2D eigenvalue weighted by atomic mass is 19.4. The molecule has 1 N–H and O–H groups in total. The van der Waals surface area contributed by atoms with Crippen LogP contribution in [-0.2, 0) is 6.42 Å².